The lowest BCUT2D eigenvalue weighted by molar-refractivity contribution is 0.0821. The van der Waals surface area contributed by atoms with Gasteiger partial charge in [-0.15, -0.1) is 0 Å². The Kier molecular flexibility index (Phi) is 3.86. The van der Waals surface area contributed by atoms with E-state index in [0.717, 1.165) is 0 Å². The first-order valence-electron chi connectivity index (χ1n) is 5.61. The van der Waals surface area contributed by atoms with Gasteiger partial charge in [-0.1, -0.05) is 0 Å². The van der Waals surface area contributed by atoms with Gasteiger partial charge in [-0.2, -0.15) is 10.4 Å². The SMILES string of the molecule is CN(C)C(=O)c1ccn(-c2ccc(C#N)c(Br)c2F)n1. The van der Waals surface area contributed by atoms with Crippen molar-refractivity contribution in [2.75, 3.05) is 14.1 Å². The molecular formula is C13H10BrFN4O. The monoisotopic (exact) mass is 336 g/mol. The van der Waals surface area contributed by atoms with Gasteiger partial charge in [0.15, 0.2) is 11.5 Å². The van der Waals surface area contributed by atoms with Gasteiger partial charge in [-0.25, -0.2) is 9.07 Å². The Hall–Kier alpha value is -2.20. The lowest BCUT2D eigenvalue weighted by Gasteiger charge is -2.08. The van der Waals surface area contributed by atoms with Gasteiger partial charge in [0.05, 0.1) is 10.0 Å². The van der Waals surface area contributed by atoms with Crippen LogP contribution in [0.1, 0.15) is 16.1 Å². The smallest absolute Gasteiger partial charge is 0.273 e. The number of rotatable bonds is 2. The summed E-state index contributed by atoms with van der Waals surface area (Å²) in [4.78, 5) is 13.1. The summed E-state index contributed by atoms with van der Waals surface area (Å²) >= 11 is 3.03. The number of carbonyl (C=O) groups is 1. The molecule has 5 nitrogen and oxygen atoms in total. The van der Waals surface area contributed by atoms with Crippen LogP contribution in [0.2, 0.25) is 0 Å². The Labute approximate surface area is 123 Å². The molecule has 0 spiro atoms. The molecule has 0 bridgehead atoms. The van der Waals surface area contributed by atoms with Gasteiger partial charge in [0.25, 0.3) is 5.91 Å². The number of benzene rings is 1. The number of amides is 1. The van der Waals surface area contributed by atoms with E-state index in [0.29, 0.717) is 0 Å². The second kappa shape index (κ2) is 5.43. The van der Waals surface area contributed by atoms with E-state index >= 15 is 0 Å². The van der Waals surface area contributed by atoms with Crippen molar-refractivity contribution in [3.8, 4) is 11.8 Å². The molecule has 0 unspecified atom stereocenters. The normalized spacial score (nSPS) is 10.2. The van der Waals surface area contributed by atoms with Gasteiger partial charge in [-0.3, -0.25) is 4.79 Å². The zero-order valence-electron chi connectivity index (χ0n) is 10.8. The number of hydrogen-bond acceptors (Lipinski definition) is 3. The van der Waals surface area contributed by atoms with Crippen LogP contribution in [0.15, 0.2) is 28.9 Å². The molecule has 1 heterocycles. The van der Waals surface area contributed by atoms with Crippen molar-refractivity contribution in [1.29, 1.82) is 5.26 Å². The maximum absolute atomic E-state index is 14.1. The molecule has 2 aromatic rings. The van der Waals surface area contributed by atoms with E-state index in [4.69, 9.17) is 5.26 Å². The summed E-state index contributed by atoms with van der Waals surface area (Å²) in [7, 11) is 3.22. The van der Waals surface area contributed by atoms with Crippen LogP contribution in [0.3, 0.4) is 0 Å². The largest absolute Gasteiger partial charge is 0.343 e. The van der Waals surface area contributed by atoms with Crippen molar-refractivity contribution in [2.24, 2.45) is 0 Å². The summed E-state index contributed by atoms with van der Waals surface area (Å²) in [5.74, 6) is -0.868. The number of nitrogens with zero attached hydrogens (tertiary/aromatic N) is 4. The molecule has 1 aromatic carbocycles. The van der Waals surface area contributed by atoms with Crippen LogP contribution in [0.4, 0.5) is 4.39 Å². The van der Waals surface area contributed by atoms with Crippen LogP contribution >= 0.6 is 15.9 Å². The summed E-state index contributed by atoms with van der Waals surface area (Å²) in [5.41, 5.74) is 0.576. The zero-order valence-corrected chi connectivity index (χ0v) is 12.3. The average molecular weight is 337 g/mol. The fourth-order valence-electron chi connectivity index (χ4n) is 1.60. The van der Waals surface area contributed by atoms with Crippen LogP contribution in [-0.2, 0) is 0 Å². The molecule has 0 aliphatic heterocycles. The minimum atomic E-state index is -0.601. The third kappa shape index (κ3) is 2.42. The van der Waals surface area contributed by atoms with Gasteiger partial charge in [-0.05, 0) is 34.1 Å². The number of nitriles is 1. The third-order valence-corrected chi connectivity index (χ3v) is 3.42. The number of hydrogen-bond donors (Lipinski definition) is 0. The summed E-state index contributed by atoms with van der Waals surface area (Å²) < 4.78 is 15.5. The first-order valence-corrected chi connectivity index (χ1v) is 6.40. The maximum atomic E-state index is 14.1. The standard InChI is InChI=1S/C13H10BrFN4O/c1-18(2)13(20)9-5-6-19(17-9)10-4-3-8(7-16)11(14)12(10)15/h3-6H,1-2H3. The molecule has 1 amide bonds. The van der Waals surface area contributed by atoms with Crippen molar-refractivity contribution in [1.82, 2.24) is 14.7 Å². The third-order valence-electron chi connectivity index (χ3n) is 2.64. The topological polar surface area (TPSA) is 61.9 Å². The van der Waals surface area contributed by atoms with E-state index in [1.807, 2.05) is 6.07 Å². The van der Waals surface area contributed by atoms with E-state index in [1.54, 1.807) is 14.1 Å². The fraction of sp³-hybridized carbons (Fsp3) is 0.154. The molecule has 102 valence electrons. The van der Waals surface area contributed by atoms with Crippen molar-refractivity contribution < 1.29 is 9.18 Å². The lowest BCUT2D eigenvalue weighted by Crippen LogP contribution is -2.22. The highest BCUT2D eigenvalue weighted by Crippen LogP contribution is 2.25. The predicted molar refractivity (Wildman–Crippen MR) is 74.0 cm³/mol. The molecule has 1 aromatic heterocycles. The molecule has 7 heteroatoms. The summed E-state index contributed by atoms with van der Waals surface area (Å²) in [5, 5.41) is 12.9. The molecule has 0 aliphatic carbocycles. The molecule has 0 aliphatic rings. The highest BCUT2D eigenvalue weighted by molar-refractivity contribution is 9.10. The van der Waals surface area contributed by atoms with Crippen molar-refractivity contribution >= 4 is 21.8 Å². The quantitative estimate of drug-likeness (QED) is 0.845. The Balaban J connectivity index is 2.46. The van der Waals surface area contributed by atoms with Gasteiger partial charge < -0.3 is 4.90 Å². The van der Waals surface area contributed by atoms with Gasteiger partial charge in [0.1, 0.15) is 11.8 Å². The minimum Gasteiger partial charge on any atom is -0.343 e. The maximum Gasteiger partial charge on any atom is 0.273 e. The average Bonchev–Trinajstić information content (AvgIpc) is 2.90. The van der Waals surface area contributed by atoms with Gasteiger partial charge in [0, 0.05) is 20.3 Å². The Bertz CT molecular complexity index is 718. The van der Waals surface area contributed by atoms with Gasteiger partial charge >= 0.3 is 0 Å². The first kappa shape index (κ1) is 14.2. The second-order valence-corrected chi connectivity index (χ2v) is 5.01. The van der Waals surface area contributed by atoms with Crippen molar-refractivity contribution in [3.05, 3.63) is 45.9 Å². The van der Waals surface area contributed by atoms with Crippen LogP contribution in [0.5, 0.6) is 0 Å². The zero-order chi connectivity index (χ0) is 14.9. The van der Waals surface area contributed by atoms with Crippen LogP contribution < -0.4 is 0 Å². The fourth-order valence-corrected chi connectivity index (χ4v) is 2.03. The predicted octanol–water partition coefficient (Wildman–Crippen LogP) is 2.35. The second-order valence-electron chi connectivity index (χ2n) is 4.22. The number of aromatic nitrogens is 2. The Morgan fingerprint density at radius 3 is 2.75 bits per heavy atom. The highest BCUT2D eigenvalue weighted by atomic mass is 79.9. The van der Waals surface area contributed by atoms with Crippen LogP contribution in [-0.4, -0.2) is 34.7 Å². The van der Waals surface area contributed by atoms with Crippen molar-refractivity contribution in [2.45, 2.75) is 0 Å². The molecule has 0 radical (unpaired) electrons. The molecule has 0 saturated heterocycles. The van der Waals surface area contributed by atoms with E-state index in [1.165, 1.54) is 34.0 Å². The first-order chi connectivity index (χ1) is 9.45. The molecule has 0 atom stereocenters. The van der Waals surface area contributed by atoms with Crippen LogP contribution in [0, 0.1) is 17.1 Å². The van der Waals surface area contributed by atoms with E-state index in [2.05, 4.69) is 21.0 Å². The van der Waals surface area contributed by atoms with E-state index < -0.39 is 5.82 Å². The lowest BCUT2D eigenvalue weighted by atomic mass is 10.2. The Morgan fingerprint density at radius 2 is 2.15 bits per heavy atom. The van der Waals surface area contributed by atoms with E-state index in [-0.39, 0.29) is 27.3 Å². The van der Waals surface area contributed by atoms with Crippen LogP contribution in [0.25, 0.3) is 5.69 Å². The number of carbonyl (C=O) groups excluding carboxylic acids is 1. The molecule has 20 heavy (non-hydrogen) atoms. The van der Waals surface area contributed by atoms with E-state index in [9.17, 15) is 9.18 Å². The molecular weight excluding hydrogens is 327 g/mol. The summed E-state index contributed by atoms with van der Waals surface area (Å²) in [6.07, 6.45) is 1.49. The molecule has 0 saturated carbocycles. The van der Waals surface area contributed by atoms with Crippen molar-refractivity contribution in [3.63, 3.8) is 0 Å². The number of halogens is 2. The summed E-state index contributed by atoms with van der Waals surface area (Å²) in [6, 6.07) is 6.31. The summed E-state index contributed by atoms with van der Waals surface area (Å²) in [6.45, 7) is 0. The minimum absolute atomic E-state index is 0.0773. The molecule has 0 N–H and O–H groups in total. The Morgan fingerprint density at radius 1 is 1.45 bits per heavy atom. The molecule has 0 fully saturated rings. The molecule has 2 rings (SSSR count). The highest BCUT2D eigenvalue weighted by Gasteiger charge is 2.16. The van der Waals surface area contributed by atoms with Gasteiger partial charge in [0.2, 0.25) is 0 Å².